The molecule has 3 aliphatic rings. The van der Waals surface area contributed by atoms with Gasteiger partial charge in [-0.15, -0.1) is 0 Å². The van der Waals surface area contributed by atoms with E-state index in [0.29, 0.717) is 18.3 Å². The van der Waals surface area contributed by atoms with E-state index in [0.717, 1.165) is 98.0 Å². The second-order valence-corrected chi connectivity index (χ2v) is 18.2. The number of nitrogens with zero attached hydrogens (tertiary/aromatic N) is 4. The number of carbonyl (C=O) groups is 4. The predicted molar refractivity (Wildman–Crippen MR) is 241 cm³/mol. The van der Waals surface area contributed by atoms with Gasteiger partial charge in [0.25, 0.3) is 0 Å². The fourth-order valence-corrected chi connectivity index (χ4v) is 10.1. The molecule has 2 bridgehead atoms. The third-order valence-electron chi connectivity index (χ3n) is 13.5. The summed E-state index contributed by atoms with van der Waals surface area (Å²) in [6.45, 7) is 8.24. The first-order chi connectivity index (χ1) is 30.9. The number of amides is 4. The number of furan rings is 2. The summed E-state index contributed by atoms with van der Waals surface area (Å²) in [5, 5.41) is 7.55. The van der Waals surface area contributed by atoms with Gasteiger partial charge < -0.3 is 44.3 Å². The molecule has 6 atom stereocenters. The molecule has 6 heterocycles. The summed E-state index contributed by atoms with van der Waals surface area (Å²) in [6, 6.07) is 21.2. The highest BCUT2D eigenvalue weighted by Crippen LogP contribution is 2.54. The van der Waals surface area contributed by atoms with Crippen LogP contribution in [0.5, 0.6) is 0 Å². The molecular formula is C49H52N8O7. The third-order valence-corrected chi connectivity index (χ3v) is 13.5. The van der Waals surface area contributed by atoms with Crippen molar-refractivity contribution in [2.24, 2.45) is 17.8 Å². The number of carbonyl (C=O) groups excluding carboxylic acids is 4. The number of aromatic amines is 2. The Labute approximate surface area is 369 Å². The molecular weight excluding hydrogens is 813 g/mol. The van der Waals surface area contributed by atoms with Crippen molar-refractivity contribution in [1.29, 1.82) is 0 Å². The zero-order chi connectivity index (χ0) is 44.6. The molecule has 1 aliphatic carbocycles. The topological polar surface area (TPSA) is 188 Å². The van der Waals surface area contributed by atoms with E-state index in [1.54, 1.807) is 0 Å². The van der Waals surface area contributed by atoms with Crippen molar-refractivity contribution in [3.8, 4) is 33.5 Å². The van der Waals surface area contributed by atoms with Crippen LogP contribution in [0.4, 0.5) is 9.59 Å². The van der Waals surface area contributed by atoms with Gasteiger partial charge in [0, 0.05) is 23.4 Å². The molecule has 64 heavy (non-hydrogen) atoms. The van der Waals surface area contributed by atoms with Gasteiger partial charge in [-0.05, 0) is 95.5 Å². The number of piperidine rings is 1. The Morgan fingerprint density at radius 1 is 0.734 bits per heavy atom. The fourth-order valence-electron chi connectivity index (χ4n) is 10.1. The van der Waals surface area contributed by atoms with Crippen LogP contribution in [0.3, 0.4) is 0 Å². The highest BCUT2D eigenvalue weighted by atomic mass is 16.5. The quantitative estimate of drug-likeness (QED) is 0.0986. The maximum atomic E-state index is 14.0. The number of methoxy groups -OCH3 is 2. The number of benzene rings is 4. The normalized spacial score (nSPS) is 20.4. The largest absolute Gasteiger partial charge is 0.456 e. The van der Waals surface area contributed by atoms with E-state index in [9.17, 15) is 19.2 Å². The Hall–Kier alpha value is -6.90. The lowest BCUT2D eigenvalue weighted by Crippen LogP contribution is -2.52. The lowest BCUT2D eigenvalue weighted by Gasteiger charge is -2.31. The van der Waals surface area contributed by atoms with E-state index in [-0.39, 0.29) is 41.8 Å². The number of hydrogen-bond acceptors (Lipinski definition) is 9. The Morgan fingerprint density at radius 3 is 2.02 bits per heavy atom. The van der Waals surface area contributed by atoms with E-state index in [2.05, 4.69) is 69.1 Å². The SMILES string of the molecule is COC(=O)N[C@H](C(=O)N1CCC[C@H]1c1ncc(-c2ccc(-c3ccc(-c4ccc5nc([C@@H]6CC7CC7N6C(=O)[C@@H](NC(=O)OC)C(C)C)[nH]c5c4)c4c5ccc(o5)c34)cc2)[nH]1)C(C)C. The number of fused-ring (bicyclic) bond motifs is 7. The zero-order valence-electron chi connectivity index (χ0n) is 36.7. The van der Waals surface area contributed by atoms with Gasteiger partial charge in [0.05, 0.1) is 49.2 Å². The smallest absolute Gasteiger partial charge is 0.407 e. The molecule has 4 amide bonds. The average Bonchev–Trinajstić information content (AvgIpc) is 4.04. The maximum Gasteiger partial charge on any atom is 0.407 e. The van der Waals surface area contributed by atoms with Crippen LogP contribution in [0.1, 0.15) is 77.1 Å². The predicted octanol–water partition coefficient (Wildman–Crippen LogP) is 8.71. The molecule has 3 fully saturated rings. The van der Waals surface area contributed by atoms with Crippen LogP contribution in [0, 0.1) is 17.8 Å². The van der Waals surface area contributed by atoms with Gasteiger partial charge in [0.15, 0.2) is 0 Å². The average molecular weight is 865 g/mol. The summed E-state index contributed by atoms with van der Waals surface area (Å²) < 4.78 is 15.9. The van der Waals surface area contributed by atoms with E-state index in [1.807, 2.05) is 61.9 Å². The Kier molecular flexibility index (Phi) is 10.3. The molecule has 2 saturated heterocycles. The number of H-pyrrole nitrogens is 2. The zero-order valence-corrected chi connectivity index (χ0v) is 36.7. The minimum atomic E-state index is -0.701. The maximum absolute atomic E-state index is 14.0. The summed E-state index contributed by atoms with van der Waals surface area (Å²) in [6.07, 6.45) is 3.96. The van der Waals surface area contributed by atoms with Gasteiger partial charge >= 0.3 is 12.2 Å². The van der Waals surface area contributed by atoms with Crippen molar-refractivity contribution in [1.82, 2.24) is 40.4 Å². The second kappa shape index (κ2) is 16.0. The van der Waals surface area contributed by atoms with Crippen molar-refractivity contribution >= 4 is 57.0 Å². The molecule has 7 aromatic rings. The first kappa shape index (κ1) is 41.1. The minimum absolute atomic E-state index is 0.108. The van der Waals surface area contributed by atoms with E-state index >= 15 is 0 Å². The first-order valence-corrected chi connectivity index (χ1v) is 22.2. The molecule has 10 rings (SSSR count). The molecule has 0 radical (unpaired) electrons. The molecule has 2 aliphatic heterocycles. The van der Waals surface area contributed by atoms with E-state index < -0.39 is 24.3 Å². The molecule has 4 aromatic heterocycles. The lowest BCUT2D eigenvalue weighted by atomic mass is 9.91. The standard InChI is InChI=1S/C49H52N8O7/c1-24(2)42(54-48(60)62-5)46(58)56-19-7-8-35(56)44-50-23-34(53-44)27-11-9-26(10-12-27)30-14-15-31(41-39-18-17-38(64-39)40(30)41)28-13-16-32-33(20-28)52-45(51-32)37-22-29-21-36(29)57(37)47(59)43(25(3)4)55-49(61)63-6/h9-18,20,23-25,29,35-37,42-43H,7-8,19,21-22H2,1-6H3,(H,50,53)(H,51,52)(H,54,60)(H,55,61)/t29?,35-,36?,37-,42-,43-/m0/s1. The number of rotatable bonds is 11. The summed E-state index contributed by atoms with van der Waals surface area (Å²) in [5.41, 5.74) is 9.29. The van der Waals surface area contributed by atoms with Crippen molar-refractivity contribution in [3.05, 3.63) is 84.6 Å². The second-order valence-electron chi connectivity index (χ2n) is 18.2. The summed E-state index contributed by atoms with van der Waals surface area (Å²) in [7, 11) is 2.60. The lowest BCUT2D eigenvalue weighted by molar-refractivity contribution is -0.137. The molecule has 2 unspecified atom stereocenters. The van der Waals surface area contributed by atoms with Crippen LogP contribution in [-0.2, 0) is 19.1 Å². The van der Waals surface area contributed by atoms with Crippen molar-refractivity contribution in [2.45, 2.75) is 83.6 Å². The molecule has 0 spiro atoms. The third kappa shape index (κ3) is 7.06. The van der Waals surface area contributed by atoms with Crippen LogP contribution in [0.25, 0.3) is 66.5 Å². The van der Waals surface area contributed by atoms with Crippen LogP contribution >= 0.6 is 0 Å². The Balaban J connectivity index is 0.900. The summed E-state index contributed by atoms with van der Waals surface area (Å²) in [5.74, 6) is 1.40. The molecule has 15 nitrogen and oxygen atoms in total. The molecule has 3 aromatic carbocycles. The number of aromatic nitrogens is 4. The Bertz CT molecular complexity index is 2910. The van der Waals surface area contributed by atoms with Crippen LogP contribution < -0.4 is 10.6 Å². The number of hydrogen-bond donors (Lipinski definition) is 4. The highest BCUT2D eigenvalue weighted by molar-refractivity contribution is 6.19. The number of nitrogens with one attached hydrogen (secondary N) is 4. The van der Waals surface area contributed by atoms with Gasteiger partial charge in [0.1, 0.15) is 34.9 Å². The molecule has 15 heteroatoms. The molecule has 330 valence electrons. The van der Waals surface area contributed by atoms with Gasteiger partial charge in [0.2, 0.25) is 11.8 Å². The van der Waals surface area contributed by atoms with Crippen LogP contribution in [-0.4, -0.2) is 92.6 Å². The van der Waals surface area contributed by atoms with Crippen molar-refractivity contribution in [2.75, 3.05) is 20.8 Å². The van der Waals surface area contributed by atoms with E-state index in [1.165, 1.54) is 14.2 Å². The van der Waals surface area contributed by atoms with Crippen molar-refractivity contribution in [3.63, 3.8) is 0 Å². The number of likely N-dealkylation sites (tertiary alicyclic amines) is 2. The van der Waals surface area contributed by atoms with E-state index in [4.69, 9.17) is 23.9 Å². The molecule has 4 N–H and O–H groups in total. The van der Waals surface area contributed by atoms with Crippen LogP contribution in [0.15, 0.2) is 77.3 Å². The number of ether oxygens (including phenoxy) is 2. The summed E-state index contributed by atoms with van der Waals surface area (Å²) in [4.78, 5) is 72.4. The first-order valence-electron chi connectivity index (χ1n) is 22.2. The number of alkyl carbamates (subject to hydrolysis) is 2. The molecule has 1 saturated carbocycles. The van der Waals surface area contributed by atoms with Crippen molar-refractivity contribution < 1.29 is 33.1 Å². The van der Waals surface area contributed by atoms with Gasteiger partial charge in [-0.1, -0.05) is 70.2 Å². The fraction of sp³-hybridized carbons (Fsp3) is 0.388. The van der Waals surface area contributed by atoms with Gasteiger partial charge in [-0.25, -0.2) is 19.6 Å². The Morgan fingerprint density at radius 2 is 1.36 bits per heavy atom. The van der Waals surface area contributed by atoms with Gasteiger partial charge in [-0.3, -0.25) is 9.59 Å². The monoisotopic (exact) mass is 864 g/mol. The highest BCUT2D eigenvalue weighted by Gasteiger charge is 2.56. The summed E-state index contributed by atoms with van der Waals surface area (Å²) >= 11 is 0. The van der Waals surface area contributed by atoms with Crippen LogP contribution in [0.2, 0.25) is 0 Å². The number of imidazole rings is 2. The minimum Gasteiger partial charge on any atom is -0.456 e. The van der Waals surface area contributed by atoms with Gasteiger partial charge in [-0.2, -0.15) is 0 Å².